The van der Waals surface area contributed by atoms with Gasteiger partial charge in [-0.2, -0.15) is 13.2 Å². The molecule has 29 heavy (non-hydrogen) atoms. The molecule has 2 aromatic carbocycles. The number of aromatic amines is 1. The van der Waals surface area contributed by atoms with Crippen LogP contribution >= 0.6 is 11.6 Å². The second-order valence-corrected chi connectivity index (χ2v) is 6.19. The zero-order valence-electron chi connectivity index (χ0n) is 14.2. The summed E-state index contributed by atoms with van der Waals surface area (Å²) in [5.41, 5.74) is -3.84. The van der Waals surface area contributed by atoms with Crippen molar-refractivity contribution in [3.63, 3.8) is 0 Å². The number of aromatic nitrogens is 2. The summed E-state index contributed by atoms with van der Waals surface area (Å²) in [6.07, 6.45) is -3.79. The SMILES string of the molecule is O=C(Nc1cccc(C(F)(F)F)c1)c1c[nH]c(=O)n(-c2ccc(F)c(Cl)c2)c1=O. The van der Waals surface area contributed by atoms with Crippen molar-refractivity contribution in [1.82, 2.24) is 9.55 Å². The van der Waals surface area contributed by atoms with Gasteiger partial charge in [0.15, 0.2) is 0 Å². The lowest BCUT2D eigenvalue weighted by atomic mass is 10.2. The molecule has 6 nitrogen and oxygen atoms in total. The topological polar surface area (TPSA) is 84.0 Å². The molecule has 0 saturated carbocycles. The van der Waals surface area contributed by atoms with E-state index in [1.807, 2.05) is 0 Å². The number of H-pyrrole nitrogens is 1. The lowest BCUT2D eigenvalue weighted by Crippen LogP contribution is -2.38. The molecular formula is C18H10ClF4N3O3. The van der Waals surface area contributed by atoms with Crippen LogP contribution < -0.4 is 16.6 Å². The fraction of sp³-hybridized carbons (Fsp3) is 0.0556. The number of nitrogens with zero attached hydrogens (tertiary/aromatic N) is 1. The van der Waals surface area contributed by atoms with Gasteiger partial charge < -0.3 is 10.3 Å². The Labute approximate surface area is 164 Å². The molecule has 0 aliphatic rings. The van der Waals surface area contributed by atoms with E-state index in [0.717, 1.165) is 36.5 Å². The standard InChI is InChI=1S/C18H10ClF4N3O3/c19-13-7-11(4-5-14(13)20)26-16(28)12(8-24-17(26)29)15(27)25-10-3-1-2-9(6-10)18(21,22)23/h1-8H,(H,24,29)(H,25,27). The highest BCUT2D eigenvalue weighted by Gasteiger charge is 2.30. The minimum Gasteiger partial charge on any atom is -0.322 e. The van der Waals surface area contributed by atoms with Gasteiger partial charge in [-0.3, -0.25) is 9.59 Å². The Bertz CT molecular complexity index is 1220. The van der Waals surface area contributed by atoms with Crippen LogP contribution in [0.5, 0.6) is 0 Å². The van der Waals surface area contributed by atoms with E-state index in [9.17, 15) is 31.9 Å². The lowest BCUT2D eigenvalue weighted by Gasteiger charge is -2.11. The summed E-state index contributed by atoms with van der Waals surface area (Å²) in [7, 11) is 0. The number of hydrogen-bond donors (Lipinski definition) is 2. The van der Waals surface area contributed by atoms with Crippen LogP contribution in [0, 0.1) is 5.82 Å². The number of amides is 1. The molecule has 1 heterocycles. The number of benzene rings is 2. The van der Waals surface area contributed by atoms with E-state index < -0.39 is 40.3 Å². The second-order valence-electron chi connectivity index (χ2n) is 5.78. The first-order chi connectivity index (χ1) is 13.6. The van der Waals surface area contributed by atoms with Crippen LogP contribution in [0.2, 0.25) is 5.02 Å². The van der Waals surface area contributed by atoms with Gasteiger partial charge in [0.1, 0.15) is 11.4 Å². The fourth-order valence-corrected chi connectivity index (χ4v) is 2.64. The average Bonchev–Trinajstić information content (AvgIpc) is 2.64. The number of alkyl halides is 3. The van der Waals surface area contributed by atoms with E-state index in [0.29, 0.717) is 10.6 Å². The van der Waals surface area contributed by atoms with Gasteiger partial charge >= 0.3 is 11.9 Å². The Morgan fingerprint density at radius 3 is 2.48 bits per heavy atom. The Balaban J connectivity index is 2.00. The minimum absolute atomic E-state index is 0.101. The molecule has 0 spiro atoms. The Morgan fingerprint density at radius 2 is 1.83 bits per heavy atom. The van der Waals surface area contributed by atoms with E-state index in [1.165, 1.54) is 6.07 Å². The van der Waals surface area contributed by atoms with E-state index in [2.05, 4.69) is 10.3 Å². The zero-order chi connectivity index (χ0) is 21.3. The van der Waals surface area contributed by atoms with E-state index in [4.69, 9.17) is 11.6 Å². The molecule has 11 heteroatoms. The summed E-state index contributed by atoms with van der Waals surface area (Å²) in [5.74, 6) is -1.83. The second kappa shape index (κ2) is 7.55. The highest BCUT2D eigenvalue weighted by molar-refractivity contribution is 6.30. The van der Waals surface area contributed by atoms with Crippen LogP contribution in [-0.2, 0) is 6.18 Å². The predicted octanol–water partition coefficient (Wildman–Crippen LogP) is 3.59. The molecule has 0 saturated heterocycles. The van der Waals surface area contributed by atoms with Gasteiger partial charge in [0.25, 0.3) is 11.5 Å². The third kappa shape index (κ3) is 4.21. The van der Waals surface area contributed by atoms with E-state index in [-0.39, 0.29) is 16.4 Å². The summed E-state index contributed by atoms with van der Waals surface area (Å²) in [5, 5.41) is 1.82. The van der Waals surface area contributed by atoms with E-state index >= 15 is 0 Å². The maximum Gasteiger partial charge on any atom is 0.416 e. The molecule has 0 aliphatic heterocycles. The molecule has 0 unspecified atom stereocenters. The zero-order valence-corrected chi connectivity index (χ0v) is 14.9. The molecule has 1 aromatic heterocycles. The van der Waals surface area contributed by atoms with Crippen molar-refractivity contribution in [2.45, 2.75) is 6.18 Å². The van der Waals surface area contributed by atoms with Crippen LogP contribution in [-0.4, -0.2) is 15.5 Å². The number of hydrogen-bond acceptors (Lipinski definition) is 3. The quantitative estimate of drug-likeness (QED) is 0.627. The van der Waals surface area contributed by atoms with Crippen LogP contribution in [0.3, 0.4) is 0 Å². The van der Waals surface area contributed by atoms with Crippen LogP contribution in [0.1, 0.15) is 15.9 Å². The Morgan fingerprint density at radius 1 is 1.10 bits per heavy atom. The van der Waals surface area contributed by atoms with Gasteiger partial charge in [-0.1, -0.05) is 17.7 Å². The minimum atomic E-state index is -4.62. The maximum absolute atomic E-state index is 13.3. The van der Waals surface area contributed by atoms with Gasteiger partial charge in [-0.05, 0) is 36.4 Å². The van der Waals surface area contributed by atoms with Gasteiger partial charge in [0, 0.05) is 11.9 Å². The van der Waals surface area contributed by atoms with Crippen LogP contribution in [0.15, 0.2) is 58.3 Å². The highest BCUT2D eigenvalue weighted by atomic mass is 35.5. The smallest absolute Gasteiger partial charge is 0.322 e. The van der Waals surface area contributed by atoms with Crippen molar-refractivity contribution in [3.8, 4) is 5.69 Å². The molecule has 0 radical (unpaired) electrons. The number of nitrogens with one attached hydrogen (secondary N) is 2. The molecule has 1 amide bonds. The summed E-state index contributed by atoms with van der Waals surface area (Å²) in [4.78, 5) is 39.2. The first-order valence-electron chi connectivity index (χ1n) is 7.86. The largest absolute Gasteiger partial charge is 0.416 e. The Hall–Kier alpha value is -3.40. The molecule has 3 aromatic rings. The molecular weight excluding hydrogens is 418 g/mol. The third-order valence-electron chi connectivity index (χ3n) is 3.83. The molecule has 150 valence electrons. The molecule has 0 atom stereocenters. The van der Waals surface area contributed by atoms with Crippen LogP contribution in [0.4, 0.5) is 23.2 Å². The van der Waals surface area contributed by atoms with Crippen molar-refractivity contribution >= 4 is 23.2 Å². The molecule has 0 aliphatic carbocycles. The van der Waals surface area contributed by atoms with Crippen LogP contribution in [0.25, 0.3) is 5.69 Å². The first kappa shape index (κ1) is 20.3. The fourth-order valence-electron chi connectivity index (χ4n) is 2.47. The van der Waals surface area contributed by atoms with Gasteiger partial charge in [0.2, 0.25) is 0 Å². The number of anilines is 1. The van der Waals surface area contributed by atoms with Gasteiger partial charge in [0.05, 0.1) is 16.3 Å². The number of carbonyl (C=O) groups is 1. The Kier molecular flexibility index (Phi) is 5.29. The van der Waals surface area contributed by atoms with Crippen molar-refractivity contribution in [2.75, 3.05) is 5.32 Å². The summed E-state index contributed by atoms with van der Waals surface area (Å²) in [6.45, 7) is 0. The number of carbonyl (C=O) groups excluding carboxylic acids is 1. The van der Waals surface area contributed by atoms with E-state index in [1.54, 1.807) is 0 Å². The first-order valence-corrected chi connectivity index (χ1v) is 8.24. The summed E-state index contributed by atoms with van der Waals surface area (Å²) < 4.78 is 52.3. The number of halogens is 5. The molecule has 2 N–H and O–H groups in total. The average molecular weight is 428 g/mol. The van der Waals surface area contributed by atoms with Gasteiger partial charge in [-0.15, -0.1) is 0 Å². The van der Waals surface area contributed by atoms with Gasteiger partial charge in [-0.25, -0.2) is 13.8 Å². The normalized spacial score (nSPS) is 11.3. The van der Waals surface area contributed by atoms with Crippen molar-refractivity contribution in [3.05, 3.63) is 91.5 Å². The maximum atomic E-state index is 13.3. The lowest BCUT2D eigenvalue weighted by molar-refractivity contribution is -0.137. The third-order valence-corrected chi connectivity index (χ3v) is 4.12. The molecule has 3 rings (SSSR count). The summed E-state index contributed by atoms with van der Waals surface area (Å²) in [6, 6.07) is 6.86. The monoisotopic (exact) mass is 427 g/mol. The van der Waals surface area contributed by atoms with Crippen molar-refractivity contribution < 1.29 is 22.4 Å². The number of rotatable bonds is 3. The molecule has 0 fully saturated rings. The van der Waals surface area contributed by atoms with Crippen molar-refractivity contribution in [1.29, 1.82) is 0 Å². The highest BCUT2D eigenvalue weighted by Crippen LogP contribution is 2.30. The predicted molar refractivity (Wildman–Crippen MR) is 97.0 cm³/mol. The summed E-state index contributed by atoms with van der Waals surface area (Å²) >= 11 is 5.66. The molecule has 0 bridgehead atoms. The van der Waals surface area contributed by atoms with Crippen molar-refractivity contribution in [2.24, 2.45) is 0 Å².